The Morgan fingerprint density at radius 2 is 1.84 bits per heavy atom. The van der Waals surface area contributed by atoms with Gasteiger partial charge in [0.1, 0.15) is 0 Å². The summed E-state index contributed by atoms with van der Waals surface area (Å²) in [5, 5.41) is 11.9. The minimum atomic E-state index is -0.889. The maximum atomic E-state index is 12.4. The van der Waals surface area contributed by atoms with E-state index >= 15 is 0 Å². The molecule has 142 valence electrons. The minimum absolute atomic E-state index is 0.172. The van der Waals surface area contributed by atoms with Crippen molar-refractivity contribution < 1.29 is 14.4 Å². The van der Waals surface area contributed by atoms with Crippen LogP contribution < -0.4 is 10.5 Å². The molecule has 0 radical (unpaired) electrons. The Bertz CT molecular complexity index is 451. The van der Waals surface area contributed by atoms with Crippen molar-refractivity contribution in [1.82, 2.24) is 20.3 Å². The van der Waals surface area contributed by atoms with Crippen molar-refractivity contribution in [2.24, 2.45) is 0 Å². The molecule has 0 rings (SSSR count). The Morgan fingerprint density at radius 1 is 1.16 bits per heavy atom. The number of hydrogen-bond donors (Lipinski definition) is 4. The van der Waals surface area contributed by atoms with E-state index in [0.29, 0.717) is 19.5 Å². The molecule has 1 atom stereocenters. The molecule has 0 bridgehead atoms. The SMILES string of the molecule is CN(C)CCNC(=O)C(CC(=O)NB=N)N(C)C(=O)CCCCCS. The Hall–Kier alpha value is -1.42. The monoisotopic (exact) mass is 371 g/mol. The van der Waals surface area contributed by atoms with Crippen molar-refractivity contribution in [2.75, 3.05) is 40.0 Å². The number of rotatable bonds is 13. The molecule has 8 nitrogen and oxygen atoms in total. The fraction of sp³-hybridized carbons (Fsp3) is 0.800. The molecule has 0 aromatic carbocycles. The molecule has 0 aromatic rings. The summed E-state index contributed by atoms with van der Waals surface area (Å²) in [4.78, 5) is 39.8. The van der Waals surface area contributed by atoms with Crippen LogP contribution in [0.2, 0.25) is 0 Å². The van der Waals surface area contributed by atoms with Gasteiger partial charge in [-0.15, -0.1) is 0 Å². The van der Waals surface area contributed by atoms with E-state index in [1.807, 2.05) is 19.0 Å². The fourth-order valence-electron chi connectivity index (χ4n) is 2.16. The molecule has 0 fully saturated rings. The first-order valence-electron chi connectivity index (χ1n) is 8.40. The number of nitrogens with one attached hydrogen (secondary N) is 3. The van der Waals surface area contributed by atoms with Gasteiger partial charge in [-0.25, -0.2) is 0 Å². The van der Waals surface area contributed by atoms with Crippen LogP contribution in [-0.2, 0) is 14.4 Å². The molecule has 3 amide bonds. The van der Waals surface area contributed by atoms with Crippen molar-refractivity contribution in [1.29, 1.82) is 5.31 Å². The third kappa shape index (κ3) is 10.9. The number of carbonyl (C=O) groups is 3. The standard InChI is InChI=1S/C15H30BN5O3S/c1-20(2)9-8-18-15(24)12(11-13(22)19-16-17)21(3)14(23)7-5-4-6-10-25/h12,17,25H,4-11H2,1-3H3,(H,18,24)(H,19,22). The number of thiol groups is 1. The van der Waals surface area contributed by atoms with Gasteiger partial charge >= 0.3 is 156 Å². The van der Waals surface area contributed by atoms with E-state index in [9.17, 15) is 14.4 Å². The molecule has 25 heavy (non-hydrogen) atoms. The van der Waals surface area contributed by atoms with E-state index in [1.165, 1.54) is 11.9 Å². The van der Waals surface area contributed by atoms with E-state index in [1.54, 1.807) is 0 Å². The molecule has 0 spiro atoms. The molecule has 0 aromatic heterocycles. The third-order valence-electron chi connectivity index (χ3n) is 3.68. The predicted octanol–water partition coefficient (Wildman–Crippen LogP) is -0.131. The summed E-state index contributed by atoms with van der Waals surface area (Å²) in [6, 6.07) is -0.889. The van der Waals surface area contributed by atoms with Crippen molar-refractivity contribution in [3.63, 3.8) is 0 Å². The second-order valence-corrected chi connectivity index (χ2v) is 6.51. The van der Waals surface area contributed by atoms with Gasteiger partial charge in [-0.05, 0) is 0 Å². The van der Waals surface area contributed by atoms with E-state index in [2.05, 4.69) is 23.2 Å². The summed E-state index contributed by atoms with van der Waals surface area (Å²) >= 11 is 4.14. The second kappa shape index (κ2) is 13.8. The molecule has 1 unspecified atom stereocenters. The summed E-state index contributed by atoms with van der Waals surface area (Å²) in [5.41, 5.74) is 0. The van der Waals surface area contributed by atoms with Gasteiger partial charge in [0.25, 0.3) is 0 Å². The number of carbonyl (C=O) groups excluding carboxylic acids is 3. The van der Waals surface area contributed by atoms with Crippen LogP contribution in [0.5, 0.6) is 0 Å². The molecule has 3 N–H and O–H groups in total. The van der Waals surface area contributed by atoms with E-state index in [-0.39, 0.29) is 18.2 Å². The van der Waals surface area contributed by atoms with Gasteiger partial charge in [0, 0.05) is 0 Å². The Morgan fingerprint density at radius 3 is 2.40 bits per heavy atom. The van der Waals surface area contributed by atoms with Gasteiger partial charge in [0.15, 0.2) is 0 Å². The normalized spacial score (nSPS) is 11.6. The molecule has 0 heterocycles. The van der Waals surface area contributed by atoms with Crippen LogP contribution in [0.25, 0.3) is 0 Å². The molecule has 10 heteroatoms. The van der Waals surface area contributed by atoms with Crippen LogP contribution in [-0.4, -0.2) is 80.8 Å². The Labute approximate surface area is 156 Å². The zero-order valence-electron chi connectivity index (χ0n) is 15.4. The molecule has 0 aliphatic carbocycles. The second-order valence-electron chi connectivity index (χ2n) is 6.06. The number of nitrogens with zero attached hydrogens (tertiary/aromatic N) is 2. The number of unbranched alkanes of at least 4 members (excludes halogenated alkanes) is 2. The number of hydrogen-bond acceptors (Lipinski definition) is 6. The first-order chi connectivity index (χ1) is 11.8. The third-order valence-corrected chi connectivity index (χ3v) is 4.00. The molecule has 0 aliphatic rings. The summed E-state index contributed by atoms with van der Waals surface area (Å²) in [6.45, 7) is 1.09. The Kier molecular flexibility index (Phi) is 13.0. The fourth-order valence-corrected chi connectivity index (χ4v) is 2.38. The average Bonchev–Trinajstić information content (AvgIpc) is 2.55. The first-order valence-corrected chi connectivity index (χ1v) is 9.04. The van der Waals surface area contributed by atoms with Gasteiger partial charge in [-0.1, -0.05) is 0 Å². The van der Waals surface area contributed by atoms with E-state index in [0.717, 1.165) is 32.2 Å². The molecular weight excluding hydrogens is 341 g/mol. The number of amides is 3. The van der Waals surface area contributed by atoms with E-state index < -0.39 is 11.9 Å². The zero-order valence-corrected chi connectivity index (χ0v) is 16.3. The summed E-state index contributed by atoms with van der Waals surface area (Å²) in [6.07, 6.45) is 2.72. The zero-order chi connectivity index (χ0) is 19.2. The van der Waals surface area contributed by atoms with E-state index in [4.69, 9.17) is 5.31 Å². The molecular formula is C15H30BN5O3S. The quantitative estimate of drug-likeness (QED) is 0.206. The average molecular weight is 371 g/mol. The van der Waals surface area contributed by atoms with Crippen LogP contribution in [0.15, 0.2) is 0 Å². The summed E-state index contributed by atoms with van der Waals surface area (Å²) in [7, 11) is 6.08. The molecule has 0 saturated carbocycles. The van der Waals surface area contributed by atoms with Crippen LogP contribution in [0.1, 0.15) is 32.1 Å². The van der Waals surface area contributed by atoms with Gasteiger partial charge in [-0.2, -0.15) is 0 Å². The van der Waals surface area contributed by atoms with Crippen molar-refractivity contribution in [3.8, 4) is 0 Å². The molecule has 0 saturated heterocycles. The van der Waals surface area contributed by atoms with Crippen LogP contribution in [0.4, 0.5) is 0 Å². The van der Waals surface area contributed by atoms with Crippen LogP contribution in [0, 0.1) is 5.31 Å². The summed E-state index contributed by atoms with van der Waals surface area (Å²) in [5.74, 6) is -0.231. The summed E-state index contributed by atoms with van der Waals surface area (Å²) < 4.78 is 0. The van der Waals surface area contributed by atoms with Gasteiger partial charge < -0.3 is 0 Å². The maximum absolute atomic E-state index is 12.4. The van der Waals surface area contributed by atoms with Gasteiger partial charge in [0.05, 0.1) is 0 Å². The predicted molar refractivity (Wildman–Crippen MR) is 102 cm³/mol. The Balaban J connectivity index is 4.78. The van der Waals surface area contributed by atoms with Gasteiger partial charge in [-0.3, -0.25) is 0 Å². The van der Waals surface area contributed by atoms with Crippen molar-refractivity contribution in [3.05, 3.63) is 0 Å². The van der Waals surface area contributed by atoms with Crippen LogP contribution >= 0.6 is 12.6 Å². The topological polar surface area (TPSA) is 106 Å². The first kappa shape index (κ1) is 23.6. The van der Waals surface area contributed by atoms with Crippen molar-refractivity contribution in [2.45, 2.75) is 38.1 Å². The molecule has 0 aliphatic heterocycles. The number of likely N-dealkylation sites (N-methyl/N-ethyl adjacent to an activating group) is 2. The van der Waals surface area contributed by atoms with Gasteiger partial charge in [0.2, 0.25) is 0 Å². The van der Waals surface area contributed by atoms with Crippen molar-refractivity contribution >= 4 is 37.6 Å². The van der Waals surface area contributed by atoms with Crippen LogP contribution in [0.3, 0.4) is 0 Å².